The number of nitrogens with zero attached hydrogens (tertiary/aromatic N) is 1. The fourth-order valence-corrected chi connectivity index (χ4v) is 4.14. The Morgan fingerprint density at radius 3 is 2.58 bits per heavy atom. The predicted octanol–water partition coefficient (Wildman–Crippen LogP) is 3.32. The van der Waals surface area contributed by atoms with Crippen molar-refractivity contribution in [3.8, 4) is 0 Å². The van der Waals surface area contributed by atoms with Crippen LogP contribution in [0.25, 0.3) is 0 Å². The fraction of sp³-hybridized carbons (Fsp3) is 0.600. The van der Waals surface area contributed by atoms with Gasteiger partial charge in [-0.3, -0.25) is 4.90 Å². The summed E-state index contributed by atoms with van der Waals surface area (Å²) >= 11 is 3.27. The van der Waals surface area contributed by atoms with Crippen molar-refractivity contribution in [2.45, 2.75) is 25.3 Å². The molecule has 4 heteroatoms. The average Bonchev–Trinajstić information content (AvgIpc) is 2.95. The molecule has 3 unspecified atom stereocenters. The molecule has 3 rings (SSSR count). The molecule has 2 N–H and O–H groups in total. The first kappa shape index (κ1) is 13.5. The molecule has 1 aromatic carbocycles. The number of rotatable bonds is 3. The zero-order chi connectivity index (χ0) is 13.4. The van der Waals surface area contributed by atoms with Crippen molar-refractivity contribution in [2.75, 3.05) is 19.6 Å². The van der Waals surface area contributed by atoms with Crippen molar-refractivity contribution in [1.82, 2.24) is 4.90 Å². The summed E-state index contributed by atoms with van der Waals surface area (Å²) in [5.74, 6) is 1.51. The first-order valence-corrected chi connectivity index (χ1v) is 7.87. The Morgan fingerprint density at radius 2 is 2.00 bits per heavy atom. The number of hydrogen-bond acceptors (Lipinski definition) is 2. The highest BCUT2D eigenvalue weighted by atomic mass is 79.9. The Hall–Kier alpha value is -0.450. The van der Waals surface area contributed by atoms with Crippen LogP contribution < -0.4 is 5.73 Å². The van der Waals surface area contributed by atoms with E-state index in [-0.39, 0.29) is 11.9 Å². The quantitative estimate of drug-likeness (QED) is 0.923. The second kappa shape index (κ2) is 5.51. The van der Waals surface area contributed by atoms with E-state index in [0.717, 1.165) is 30.5 Å². The monoisotopic (exact) mass is 326 g/mol. The highest BCUT2D eigenvalue weighted by Crippen LogP contribution is 2.40. The van der Waals surface area contributed by atoms with Gasteiger partial charge >= 0.3 is 0 Å². The lowest BCUT2D eigenvalue weighted by atomic mass is 10.0. The van der Waals surface area contributed by atoms with Crippen molar-refractivity contribution < 1.29 is 4.39 Å². The zero-order valence-corrected chi connectivity index (χ0v) is 12.6. The van der Waals surface area contributed by atoms with E-state index in [1.807, 2.05) is 12.1 Å². The van der Waals surface area contributed by atoms with Crippen molar-refractivity contribution in [3.05, 3.63) is 34.1 Å². The van der Waals surface area contributed by atoms with Crippen molar-refractivity contribution in [1.29, 1.82) is 0 Å². The Labute approximate surface area is 122 Å². The number of halogens is 2. The third kappa shape index (κ3) is 2.58. The Bertz CT molecular complexity index is 453. The molecule has 0 amide bonds. The van der Waals surface area contributed by atoms with Crippen molar-refractivity contribution in [2.24, 2.45) is 17.6 Å². The lowest BCUT2D eigenvalue weighted by molar-refractivity contribution is 0.231. The minimum Gasteiger partial charge on any atom is -0.329 e. The third-order valence-corrected chi connectivity index (χ3v) is 5.35. The standard InChI is InChI=1S/C15H20BrFN2/c16-13-6-10(4-5-14(13)17)15(7-18)19-8-11-2-1-3-12(11)9-19/h4-6,11-12,15H,1-3,7-9,18H2. The SMILES string of the molecule is NCC(c1ccc(F)c(Br)c1)N1CC2CCCC2C1. The number of likely N-dealkylation sites (tertiary alicyclic amines) is 1. The summed E-state index contributed by atoms with van der Waals surface area (Å²) in [7, 11) is 0. The molecule has 0 aromatic heterocycles. The number of nitrogens with two attached hydrogens (primary N) is 1. The molecule has 1 heterocycles. The van der Waals surface area contributed by atoms with Crippen LogP contribution in [0.5, 0.6) is 0 Å². The third-order valence-electron chi connectivity index (χ3n) is 4.75. The van der Waals surface area contributed by atoms with Gasteiger partial charge in [0.25, 0.3) is 0 Å². The lowest BCUT2D eigenvalue weighted by Crippen LogP contribution is -2.32. The first-order chi connectivity index (χ1) is 9.19. The van der Waals surface area contributed by atoms with Crippen LogP contribution in [0, 0.1) is 17.7 Å². The topological polar surface area (TPSA) is 29.3 Å². The van der Waals surface area contributed by atoms with E-state index in [4.69, 9.17) is 5.73 Å². The van der Waals surface area contributed by atoms with E-state index in [2.05, 4.69) is 20.8 Å². The molecular weight excluding hydrogens is 307 g/mol. The summed E-state index contributed by atoms with van der Waals surface area (Å²) < 4.78 is 13.9. The molecule has 1 aliphatic heterocycles. The Morgan fingerprint density at radius 1 is 1.32 bits per heavy atom. The predicted molar refractivity (Wildman–Crippen MR) is 78.3 cm³/mol. The van der Waals surface area contributed by atoms with E-state index >= 15 is 0 Å². The van der Waals surface area contributed by atoms with Crippen LogP contribution in [0.4, 0.5) is 4.39 Å². The van der Waals surface area contributed by atoms with Crippen LogP contribution in [0.1, 0.15) is 30.9 Å². The van der Waals surface area contributed by atoms with E-state index in [1.54, 1.807) is 0 Å². The molecule has 0 radical (unpaired) electrons. The number of benzene rings is 1. The van der Waals surface area contributed by atoms with E-state index < -0.39 is 0 Å². The van der Waals surface area contributed by atoms with Gasteiger partial charge in [-0.25, -0.2) is 4.39 Å². The van der Waals surface area contributed by atoms with Gasteiger partial charge in [-0.2, -0.15) is 0 Å². The Balaban J connectivity index is 1.79. The largest absolute Gasteiger partial charge is 0.329 e. The Kier molecular flexibility index (Phi) is 3.92. The van der Waals surface area contributed by atoms with E-state index in [9.17, 15) is 4.39 Å². The van der Waals surface area contributed by atoms with Crippen LogP contribution in [0.15, 0.2) is 22.7 Å². The molecule has 3 atom stereocenters. The lowest BCUT2D eigenvalue weighted by Gasteiger charge is -2.28. The highest BCUT2D eigenvalue weighted by molar-refractivity contribution is 9.10. The normalized spacial score (nSPS) is 28.6. The summed E-state index contributed by atoms with van der Waals surface area (Å²) in [5.41, 5.74) is 7.09. The van der Waals surface area contributed by atoms with Gasteiger partial charge < -0.3 is 5.73 Å². The van der Waals surface area contributed by atoms with Gasteiger partial charge in [-0.15, -0.1) is 0 Å². The molecule has 2 fully saturated rings. The minimum absolute atomic E-state index is 0.210. The van der Waals surface area contributed by atoms with Crippen LogP contribution in [0.2, 0.25) is 0 Å². The van der Waals surface area contributed by atoms with E-state index in [0.29, 0.717) is 11.0 Å². The molecule has 0 spiro atoms. The summed E-state index contributed by atoms with van der Waals surface area (Å²) in [6.45, 7) is 2.90. The van der Waals surface area contributed by atoms with Gasteiger partial charge in [0.2, 0.25) is 0 Å². The van der Waals surface area contributed by atoms with Crippen molar-refractivity contribution >= 4 is 15.9 Å². The molecule has 1 aliphatic carbocycles. The van der Waals surface area contributed by atoms with Gasteiger partial charge in [-0.05, 0) is 58.3 Å². The molecule has 104 valence electrons. The van der Waals surface area contributed by atoms with E-state index in [1.165, 1.54) is 25.3 Å². The molecule has 1 saturated heterocycles. The molecule has 1 saturated carbocycles. The molecule has 0 bridgehead atoms. The number of fused-ring (bicyclic) bond motifs is 1. The molecule has 2 aliphatic rings. The summed E-state index contributed by atoms with van der Waals surface area (Å²) in [6, 6.07) is 5.49. The maximum atomic E-state index is 13.3. The highest BCUT2D eigenvalue weighted by Gasteiger charge is 2.38. The van der Waals surface area contributed by atoms with Crippen LogP contribution in [-0.2, 0) is 0 Å². The second-order valence-electron chi connectivity index (χ2n) is 5.83. The maximum Gasteiger partial charge on any atom is 0.137 e. The van der Waals surface area contributed by atoms with Gasteiger partial charge in [0, 0.05) is 25.7 Å². The van der Waals surface area contributed by atoms with Gasteiger partial charge in [0.1, 0.15) is 5.82 Å². The second-order valence-corrected chi connectivity index (χ2v) is 6.68. The molecule has 1 aromatic rings. The average molecular weight is 327 g/mol. The summed E-state index contributed by atoms with van der Waals surface area (Å²) in [5, 5.41) is 0. The molecular formula is C15H20BrFN2. The van der Waals surface area contributed by atoms with Gasteiger partial charge in [0.15, 0.2) is 0 Å². The van der Waals surface area contributed by atoms with Gasteiger partial charge in [0.05, 0.1) is 4.47 Å². The maximum absolute atomic E-state index is 13.3. The summed E-state index contributed by atoms with van der Waals surface area (Å²) in [4.78, 5) is 2.49. The minimum atomic E-state index is -0.210. The van der Waals surface area contributed by atoms with Crippen LogP contribution in [-0.4, -0.2) is 24.5 Å². The van der Waals surface area contributed by atoms with Crippen LogP contribution in [0.3, 0.4) is 0 Å². The van der Waals surface area contributed by atoms with Gasteiger partial charge in [-0.1, -0.05) is 12.5 Å². The fourth-order valence-electron chi connectivity index (χ4n) is 3.74. The van der Waals surface area contributed by atoms with Crippen molar-refractivity contribution in [3.63, 3.8) is 0 Å². The smallest absolute Gasteiger partial charge is 0.137 e. The first-order valence-electron chi connectivity index (χ1n) is 7.08. The summed E-state index contributed by atoms with van der Waals surface area (Å²) in [6.07, 6.45) is 4.12. The molecule has 2 nitrogen and oxygen atoms in total. The van der Waals surface area contributed by atoms with Crippen LogP contribution >= 0.6 is 15.9 Å². The molecule has 19 heavy (non-hydrogen) atoms. The zero-order valence-electron chi connectivity index (χ0n) is 11.0. The number of hydrogen-bond donors (Lipinski definition) is 1.